The van der Waals surface area contributed by atoms with Gasteiger partial charge in [0.15, 0.2) is 11.2 Å². The van der Waals surface area contributed by atoms with Gasteiger partial charge in [-0.2, -0.15) is 0 Å². The summed E-state index contributed by atoms with van der Waals surface area (Å²) in [4.78, 5) is 20.8. The van der Waals surface area contributed by atoms with E-state index in [1.165, 1.54) is 6.92 Å². The quantitative estimate of drug-likeness (QED) is 0.520. The number of rotatable bonds is 9. The summed E-state index contributed by atoms with van der Waals surface area (Å²) in [6.45, 7) is 6.94. The largest absolute Gasteiger partial charge is 0.479 e. The van der Waals surface area contributed by atoms with Crippen molar-refractivity contribution in [3.63, 3.8) is 0 Å². The molecular weight excluding hydrogens is 276 g/mol. The predicted molar refractivity (Wildman–Crippen MR) is 80.2 cm³/mol. The Balaban J connectivity index is 0. The van der Waals surface area contributed by atoms with Crippen LogP contribution >= 0.6 is 0 Å². The van der Waals surface area contributed by atoms with Crippen molar-refractivity contribution < 1.29 is 30.0 Å². The van der Waals surface area contributed by atoms with E-state index < -0.39 is 23.1 Å². The summed E-state index contributed by atoms with van der Waals surface area (Å²) in [6.07, 6.45) is 4.30. The molecule has 126 valence electrons. The number of carbonyl (C=O) groups is 2. The summed E-state index contributed by atoms with van der Waals surface area (Å²) in [5.41, 5.74) is -3.02. The Bertz CT molecular complexity index is 313. The summed E-state index contributed by atoms with van der Waals surface area (Å²) in [6, 6.07) is 0. The molecule has 4 N–H and O–H groups in total. The first kappa shape index (κ1) is 22.1. The number of carboxylic acids is 2. The van der Waals surface area contributed by atoms with E-state index in [1.807, 2.05) is 13.8 Å². The van der Waals surface area contributed by atoms with Crippen molar-refractivity contribution in [2.24, 2.45) is 0 Å². The second kappa shape index (κ2) is 10.6. The standard InChI is InChI=1S/C8H16O3.C7H14O3/c1-3-5-6-8(11,4-2)7(9)10;1-3-4-5-7(2,10)6(8)9/h11H,3-6H2,1-2H3,(H,9,10);10H,3-5H2,1-2H3,(H,8,9). The molecule has 0 aliphatic carbocycles. The fraction of sp³-hybridized carbons (Fsp3) is 0.867. The van der Waals surface area contributed by atoms with Gasteiger partial charge in [0.05, 0.1) is 0 Å². The lowest BCUT2D eigenvalue weighted by Gasteiger charge is -2.20. The van der Waals surface area contributed by atoms with Crippen molar-refractivity contribution in [1.82, 2.24) is 0 Å². The minimum atomic E-state index is -1.53. The summed E-state index contributed by atoms with van der Waals surface area (Å²) in [7, 11) is 0. The molecule has 0 fully saturated rings. The second-order valence-corrected chi connectivity index (χ2v) is 5.48. The Morgan fingerprint density at radius 1 is 0.857 bits per heavy atom. The number of hydrogen-bond donors (Lipinski definition) is 4. The third-order valence-corrected chi connectivity index (χ3v) is 3.40. The summed E-state index contributed by atoms with van der Waals surface area (Å²) >= 11 is 0. The van der Waals surface area contributed by atoms with Crippen molar-refractivity contribution in [2.75, 3.05) is 0 Å². The number of carboxylic acid groups (broad SMARTS) is 2. The fourth-order valence-corrected chi connectivity index (χ4v) is 1.53. The maximum absolute atomic E-state index is 10.5. The lowest BCUT2D eigenvalue weighted by Crippen LogP contribution is -2.37. The van der Waals surface area contributed by atoms with Crippen LogP contribution in [0.1, 0.15) is 72.6 Å². The van der Waals surface area contributed by atoms with E-state index in [4.69, 9.17) is 15.3 Å². The molecule has 0 aliphatic heterocycles. The molecule has 0 aromatic heterocycles. The van der Waals surface area contributed by atoms with E-state index in [9.17, 15) is 14.7 Å². The number of unbranched alkanes of at least 4 members (excludes halogenated alkanes) is 2. The fourth-order valence-electron chi connectivity index (χ4n) is 1.53. The Hall–Kier alpha value is -1.14. The smallest absolute Gasteiger partial charge is 0.335 e. The molecule has 6 nitrogen and oxygen atoms in total. The maximum Gasteiger partial charge on any atom is 0.335 e. The van der Waals surface area contributed by atoms with Crippen molar-refractivity contribution >= 4 is 11.9 Å². The van der Waals surface area contributed by atoms with Crippen LogP contribution in [0, 0.1) is 0 Å². The molecule has 0 heterocycles. The third kappa shape index (κ3) is 9.42. The van der Waals surface area contributed by atoms with Gasteiger partial charge in [0.1, 0.15) is 0 Å². The van der Waals surface area contributed by atoms with Crippen LogP contribution in [0.3, 0.4) is 0 Å². The Labute approximate surface area is 126 Å². The van der Waals surface area contributed by atoms with Crippen molar-refractivity contribution in [3.8, 4) is 0 Å². The first-order valence-electron chi connectivity index (χ1n) is 7.48. The average molecular weight is 306 g/mol. The minimum absolute atomic E-state index is 0.280. The first-order chi connectivity index (χ1) is 9.57. The highest BCUT2D eigenvalue weighted by Crippen LogP contribution is 2.18. The van der Waals surface area contributed by atoms with E-state index in [0.717, 1.165) is 25.7 Å². The predicted octanol–water partition coefficient (Wildman–Crippen LogP) is 2.41. The number of aliphatic hydroxyl groups is 2. The number of hydrogen-bond acceptors (Lipinski definition) is 4. The molecule has 0 saturated heterocycles. The molecule has 0 radical (unpaired) electrons. The lowest BCUT2D eigenvalue weighted by atomic mass is 9.94. The van der Waals surface area contributed by atoms with Crippen LogP contribution < -0.4 is 0 Å². The molecule has 0 bridgehead atoms. The topological polar surface area (TPSA) is 115 Å². The first-order valence-corrected chi connectivity index (χ1v) is 7.48. The molecule has 6 heteroatoms. The summed E-state index contributed by atoms with van der Waals surface area (Å²) in [5, 5.41) is 35.6. The van der Waals surface area contributed by atoms with Gasteiger partial charge in [-0.25, -0.2) is 9.59 Å². The molecule has 0 aromatic rings. The van der Waals surface area contributed by atoms with Crippen LogP contribution in [0.15, 0.2) is 0 Å². The molecule has 0 rings (SSSR count). The maximum atomic E-state index is 10.5. The highest BCUT2D eigenvalue weighted by molar-refractivity contribution is 5.77. The average Bonchev–Trinajstić information content (AvgIpc) is 2.42. The molecule has 0 aliphatic rings. The highest BCUT2D eigenvalue weighted by atomic mass is 16.4. The van der Waals surface area contributed by atoms with Gasteiger partial charge >= 0.3 is 11.9 Å². The van der Waals surface area contributed by atoms with Crippen LogP contribution in [-0.4, -0.2) is 43.6 Å². The van der Waals surface area contributed by atoms with Gasteiger partial charge in [0.25, 0.3) is 0 Å². The molecule has 21 heavy (non-hydrogen) atoms. The van der Waals surface area contributed by atoms with E-state index >= 15 is 0 Å². The normalized spacial score (nSPS) is 16.1. The molecule has 2 atom stereocenters. The molecule has 0 spiro atoms. The molecule has 0 amide bonds. The van der Waals surface area contributed by atoms with Gasteiger partial charge < -0.3 is 20.4 Å². The third-order valence-electron chi connectivity index (χ3n) is 3.40. The lowest BCUT2D eigenvalue weighted by molar-refractivity contribution is -0.159. The van der Waals surface area contributed by atoms with Crippen molar-refractivity contribution in [2.45, 2.75) is 83.8 Å². The monoisotopic (exact) mass is 306 g/mol. The Morgan fingerprint density at radius 3 is 1.57 bits per heavy atom. The van der Waals surface area contributed by atoms with Crippen LogP contribution in [-0.2, 0) is 9.59 Å². The van der Waals surface area contributed by atoms with Gasteiger partial charge in [-0.3, -0.25) is 0 Å². The zero-order valence-electron chi connectivity index (χ0n) is 13.6. The minimum Gasteiger partial charge on any atom is -0.479 e. The molecule has 0 aromatic carbocycles. The Kier molecular flexibility index (Phi) is 11.1. The van der Waals surface area contributed by atoms with Crippen LogP contribution in [0.2, 0.25) is 0 Å². The van der Waals surface area contributed by atoms with Gasteiger partial charge in [-0.05, 0) is 26.2 Å². The van der Waals surface area contributed by atoms with Gasteiger partial charge in [0.2, 0.25) is 0 Å². The second-order valence-electron chi connectivity index (χ2n) is 5.48. The molecule has 0 saturated carbocycles. The van der Waals surface area contributed by atoms with Gasteiger partial charge in [0, 0.05) is 0 Å². The zero-order valence-corrected chi connectivity index (χ0v) is 13.6. The van der Waals surface area contributed by atoms with Crippen molar-refractivity contribution in [1.29, 1.82) is 0 Å². The number of aliphatic carboxylic acids is 2. The van der Waals surface area contributed by atoms with E-state index in [1.54, 1.807) is 6.92 Å². The van der Waals surface area contributed by atoms with Gasteiger partial charge in [-0.1, -0.05) is 46.5 Å². The van der Waals surface area contributed by atoms with E-state index in [-0.39, 0.29) is 6.42 Å². The zero-order chi connectivity index (χ0) is 17.1. The Morgan fingerprint density at radius 2 is 1.29 bits per heavy atom. The van der Waals surface area contributed by atoms with Crippen LogP contribution in [0.25, 0.3) is 0 Å². The van der Waals surface area contributed by atoms with Crippen molar-refractivity contribution in [3.05, 3.63) is 0 Å². The van der Waals surface area contributed by atoms with E-state index in [2.05, 4.69) is 0 Å². The van der Waals surface area contributed by atoms with Crippen LogP contribution in [0.4, 0.5) is 0 Å². The van der Waals surface area contributed by atoms with Gasteiger partial charge in [-0.15, -0.1) is 0 Å². The highest BCUT2D eigenvalue weighted by Gasteiger charge is 2.32. The van der Waals surface area contributed by atoms with E-state index in [0.29, 0.717) is 12.8 Å². The molecular formula is C15H30O6. The SMILES string of the molecule is CCCCC(C)(O)C(=O)O.CCCCC(O)(CC)C(=O)O. The molecule has 2 unspecified atom stereocenters. The summed E-state index contributed by atoms with van der Waals surface area (Å²) < 4.78 is 0. The van der Waals surface area contributed by atoms with Crippen LogP contribution in [0.5, 0.6) is 0 Å². The summed E-state index contributed by atoms with van der Waals surface area (Å²) in [5.74, 6) is -2.24.